The Balaban J connectivity index is 1.28. The summed E-state index contributed by atoms with van der Waals surface area (Å²) in [6.07, 6.45) is 4.40. The summed E-state index contributed by atoms with van der Waals surface area (Å²) < 4.78 is 5.27. The molecule has 0 bridgehead atoms. The van der Waals surface area contributed by atoms with E-state index in [-0.39, 0.29) is 17.9 Å². The van der Waals surface area contributed by atoms with E-state index in [9.17, 15) is 9.90 Å². The van der Waals surface area contributed by atoms with Crippen LogP contribution in [0.25, 0.3) is 22.2 Å². The number of hydrogen-bond donors (Lipinski definition) is 4. The van der Waals surface area contributed by atoms with Crippen LogP contribution in [0.1, 0.15) is 28.8 Å². The van der Waals surface area contributed by atoms with E-state index in [0.29, 0.717) is 37.0 Å². The predicted octanol–water partition coefficient (Wildman–Crippen LogP) is 2.83. The summed E-state index contributed by atoms with van der Waals surface area (Å²) in [4.78, 5) is 30.1. The molecule has 0 saturated carbocycles. The van der Waals surface area contributed by atoms with Gasteiger partial charge in [0, 0.05) is 48.9 Å². The van der Waals surface area contributed by atoms with E-state index in [1.54, 1.807) is 25.5 Å². The first-order valence-electron chi connectivity index (χ1n) is 12.2. The second kappa shape index (κ2) is 10.9. The molecular weight excluding hydrogens is 470 g/mol. The van der Waals surface area contributed by atoms with E-state index in [1.165, 1.54) is 6.33 Å². The summed E-state index contributed by atoms with van der Waals surface area (Å²) in [7, 11) is 1.62. The van der Waals surface area contributed by atoms with Crippen molar-refractivity contribution in [2.24, 2.45) is 0 Å². The molecule has 4 aromatic rings. The number of nitrogens with one attached hydrogen (secondary N) is 3. The maximum atomic E-state index is 12.3. The molecule has 5 rings (SSSR count). The van der Waals surface area contributed by atoms with Gasteiger partial charge in [-0.15, -0.1) is 0 Å². The molecule has 1 aliphatic heterocycles. The van der Waals surface area contributed by atoms with Crippen LogP contribution in [-0.4, -0.2) is 69.9 Å². The first kappa shape index (κ1) is 24.5. The lowest BCUT2D eigenvalue weighted by atomic mass is 9.96. The average molecular weight is 500 g/mol. The molecule has 1 aliphatic rings. The topological polar surface area (TPSA) is 134 Å². The van der Waals surface area contributed by atoms with Gasteiger partial charge in [0.1, 0.15) is 18.0 Å². The van der Waals surface area contributed by atoms with E-state index in [2.05, 4.69) is 42.8 Å². The standard InChI is InChI=1S/C27H29N7O3/c1-16(18-4-3-5-19-20(27(36)28-2)8-9-29-26(18)19)11-30-25-10-21(32-15-33-25)17-6-7-24(31-12-17)34-22-13-37-14-23(22)35/h3-10,12,15-16,22-23,35H,11,13-14H2,1-2H3,(H,28,36)(H,31,34)(H,30,32,33). The Labute approximate surface area is 214 Å². The van der Waals surface area contributed by atoms with Gasteiger partial charge >= 0.3 is 0 Å². The molecule has 0 aliphatic carbocycles. The van der Waals surface area contributed by atoms with Crippen molar-refractivity contribution in [1.29, 1.82) is 0 Å². The molecular formula is C27H29N7O3. The largest absolute Gasteiger partial charge is 0.388 e. The molecule has 10 nitrogen and oxygen atoms in total. The molecule has 1 fully saturated rings. The van der Waals surface area contributed by atoms with Gasteiger partial charge in [-0.2, -0.15) is 0 Å². The van der Waals surface area contributed by atoms with Crippen molar-refractivity contribution in [3.05, 3.63) is 72.3 Å². The number of rotatable bonds is 8. The number of para-hydroxylation sites is 1. The number of aromatic nitrogens is 4. The van der Waals surface area contributed by atoms with Gasteiger partial charge in [-0.1, -0.05) is 25.1 Å². The summed E-state index contributed by atoms with van der Waals surface area (Å²) in [6.45, 7) is 3.52. The Morgan fingerprint density at radius 1 is 1.11 bits per heavy atom. The number of aliphatic hydroxyl groups excluding tert-OH is 1. The fourth-order valence-electron chi connectivity index (χ4n) is 4.41. The lowest BCUT2D eigenvalue weighted by molar-refractivity contribution is 0.0964. The Morgan fingerprint density at radius 3 is 2.76 bits per heavy atom. The first-order chi connectivity index (χ1) is 18.0. The van der Waals surface area contributed by atoms with Crippen LogP contribution in [-0.2, 0) is 4.74 Å². The van der Waals surface area contributed by atoms with E-state index in [1.807, 2.05) is 36.4 Å². The van der Waals surface area contributed by atoms with Crippen LogP contribution >= 0.6 is 0 Å². The Bertz CT molecular complexity index is 1400. The molecule has 1 saturated heterocycles. The van der Waals surface area contributed by atoms with Gasteiger partial charge in [0.05, 0.1) is 42.1 Å². The number of carbonyl (C=O) groups is 1. The molecule has 0 spiro atoms. The number of fused-ring (bicyclic) bond motifs is 1. The van der Waals surface area contributed by atoms with Crippen LogP contribution in [0, 0.1) is 0 Å². The first-order valence-corrected chi connectivity index (χ1v) is 12.2. The Hall–Kier alpha value is -4.15. The lowest BCUT2D eigenvalue weighted by Gasteiger charge is -2.16. The van der Waals surface area contributed by atoms with Crippen molar-refractivity contribution in [3.8, 4) is 11.3 Å². The van der Waals surface area contributed by atoms with E-state index >= 15 is 0 Å². The predicted molar refractivity (Wildman–Crippen MR) is 142 cm³/mol. The van der Waals surface area contributed by atoms with Gasteiger partial charge in [0.2, 0.25) is 0 Å². The zero-order valence-electron chi connectivity index (χ0n) is 20.7. The van der Waals surface area contributed by atoms with Crippen LogP contribution < -0.4 is 16.0 Å². The molecule has 1 amide bonds. The highest BCUT2D eigenvalue weighted by Gasteiger charge is 2.26. The maximum Gasteiger partial charge on any atom is 0.251 e. The highest BCUT2D eigenvalue weighted by Crippen LogP contribution is 2.27. The number of nitrogens with zero attached hydrogens (tertiary/aromatic N) is 4. The van der Waals surface area contributed by atoms with E-state index in [4.69, 9.17) is 4.74 Å². The van der Waals surface area contributed by atoms with Crippen molar-refractivity contribution in [1.82, 2.24) is 25.3 Å². The van der Waals surface area contributed by atoms with Gasteiger partial charge < -0.3 is 25.8 Å². The minimum atomic E-state index is -0.540. The molecule has 37 heavy (non-hydrogen) atoms. The third kappa shape index (κ3) is 5.35. The van der Waals surface area contributed by atoms with Crippen LogP contribution in [0.5, 0.6) is 0 Å². The molecule has 1 aromatic carbocycles. The zero-order valence-corrected chi connectivity index (χ0v) is 20.7. The molecule has 0 radical (unpaired) electrons. The fourth-order valence-corrected chi connectivity index (χ4v) is 4.41. The smallest absolute Gasteiger partial charge is 0.251 e. The zero-order chi connectivity index (χ0) is 25.8. The van der Waals surface area contributed by atoms with Gasteiger partial charge in [-0.25, -0.2) is 15.0 Å². The number of hydrogen-bond acceptors (Lipinski definition) is 9. The summed E-state index contributed by atoms with van der Waals surface area (Å²) in [5.74, 6) is 1.34. The molecule has 190 valence electrons. The van der Waals surface area contributed by atoms with Crippen molar-refractivity contribution in [2.75, 3.05) is 37.4 Å². The van der Waals surface area contributed by atoms with Crippen LogP contribution in [0.4, 0.5) is 11.6 Å². The van der Waals surface area contributed by atoms with E-state index < -0.39 is 6.10 Å². The molecule has 3 unspecified atom stereocenters. The quantitative estimate of drug-likeness (QED) is 0.289. The number of amides is 1. The Kier molecular flexibility index (Phi) is 7.20. The van der Waals surface area contributed by atoms with Crippen molar-refractivity contribution < 1.29 is 14.6 Å². The molecule has 3 atom stereocenters. The van der Waals surface area contributed by atoms with Gasteiger partial charge in [-0.3, -0.25) is 9.78 Å². The van der Waals surface area contributed by atoms with Gasteiger partial charge in [0.15, 0.2) is 0 Å². The van der Waals surface area contributed by atoms with Gasteiger partial charge in [0.25, 0.3) is 5.91 Å². The minimum Gasteiger partial charge on any atom is -0.388 e. The summed E-state index contributed by atoms with van der Waals surface area (Å²) in [6, 6.07) is 13.2. The van der Waals surface area contributed by atoms with Crippen LogP contribution in [0.3, 0.4) is 0 Å². The fraction of sp³-hybridized carbons (Fsp3) is 0.296. The molecule has 4 heterocycles. The lowest BCUT2D eigenvalue weighted by Crippen LogP contribution is -2.32. The maximum absolute atomic E-state index is 12.3. The third-order valence-electron chi connectivity index (χ3n) is 6.50. The number of ether oxygens (including phenoxy) is 1. The summed E-state index contributed by atoms with van der Waals surface area (Å²) in [5, 5.41) is 20.0. The summed E-state index contributed by atoms with van der Waals surface area (Å²) in [5.41, 5.74) is 4.08. The molecule has 4 N–H and O–H groups in total. The summed E-state index contributed by atoms with van der Waals surface area (Å²) >= 11 is 0. The number of pyridine rings is 2. The van der Waals surface area contributed by atoms with Crippen LogP contribution in [0.2, 0.25) is 0 Å². The van der Waals surface area contributed by atoms with E-state index in [0.717, 1.165) is 27.7 Å². The average Bonchev–Trinajstić information content (AvgIpc) is 3.35. The van der Waals surface area contributed by atoms with Gasteiger partial charge in [-0.05, 0) is 23.8 Å². The molecule has 3 aromatic heterocycles. The SMILES string of the molecule is CNC(=O)c1ccnc2c(C(C)CNc3cc(-c4ccc(NC5COCC5O)nc4)ncn3)cccc12. The second-order valence-corrected chi connectivity index (χ2v) is 9.04. The Morgan fingerprint density at radius 2 is 2.00 bits per heavy atom. The van der Waals surface area contributed by atoms with Crippen molar-refractivity contribution in [2.45, 2.75) is 25.0 Å². The minimum absolute atomic E-state index is 0.108. The highest BCUT2D eigenvalue weighted by atomic mass is 16.5. The van der Waals surface area contributed by atoms with Crippen molar-refractivity contribution in [3.63, 3.8) is 0 Å². The number of carbonyl (C=O) groups excluding carboxylic acids is 1. The monoisotopic (exact) mass is 499 g/mol. The number of aliphatic hydroxyl groups is 1. The third-order valence-corrected chi connectivity index (χ3v) is 6.50. The number of benzene rings is 1. The van der Waals surface area contributed by atoms with Crippen molar-refractivity contribution >= 4 is 28.4 Å². The number of anilines is 2. The molecule has 10 heteroatoms. The highest BCUT2D eigenvalue weighted by molar-refractivity contribution is 6.06. The second-order valence-electron chi connectivity index (χ2n) is 9.04. The van der Waals surface area contributed by atoms with Crippen LogP contribution in [0.15, 0.2) is 61.2 Å². The normalized spacial score (nSPS) is 17.9.